The molecule has 11 heteroatoms. The Hall–Kier alpha value is -1.10. The topological polar surface area (TPSA) is 78.9 Å². The van der Waals surface area contributed by atoms with Gasteiger partial charge in [-0.3, -0.25) is 0 Å². The lowest BCUT2D eigenvalue weighted by molar-refractivity contribution is -0.143. The van der Waals surface area contributed by atoms with Crippen LogP contribution in [0, 0.1) is 0 Å². The fourth-order valence-electron chi connectivity index (χ4n) is 0.714. The smallest absolute Gasteiger partial charge is 0.301 e. The first-order valence-electron chi connectivity index (χ1n) is 3.14. The van der Waals surface area contributed by atoms with Crippen LogP contribution in [0.1, 0.15) is 11.4 Å². The van der Waals surface area contributed by atoms with Crippen LogP contribution in [0.25, 0.3) is 0 Å². The summed E-state index contributed by atoms with van der Waals surface area (Å²) in [7, 11) is 0. The average Bonchev–Trinajstić information content (AvgIpc) is 2.49. The van der Waals surface area contributed by atoms with Crippen molar-refractivity contribution in [1.29, 1.82) is 0 Å². The summed E-state index contributed by atoms with van der Waals surface area (Å²) < 4.78 is 79.8. The number of halogens is 5. The highest BCUT2D eigenvalue weighted by molar-refractivity contribution is 7.79. The second kappa shape index (κ2) is 3.48. The van der Waals surface area contributed by atoms with E-state index in [1.54, 1.807) is 0 Å². The first-order valence-corrected chi connectivity index (χ1v) is 4.25. The molecule has 0 fully saturated rings. The number of hydrogen-bond donors (Lipinski definition) is 2. The molecule has 1 atom stereocenters. The summed E-state index contributed by atoms with van der Waals surface area (Å²) in [5.74, 6) is 0. The van der Waals surface area contributed by atoms with Gasteiger partial charge >= 0.3 is 11.4 Å². The van der Waals surface area contributed by atoms with Gasteiger partial charge in [0.2, 0.25) is 11.1 Å². The van der Waals surface area contributed by atoms with Crippen LogP contribution in [0.3, 0.4) is 0 Å². The Bertz CT molecular complexity index is 388. The van der Waals surface area contributed by atoms with Gasteiger partial charge in [-0.05, 0) is 0 Å². The molecule has 0 saturated heterocycles. The normalized spacial score (nSPS) is 15.3. The van der Waals surface area contributed by atoms with Crippen LogP contribution < -0.4 is 0 Å². The van der Waals surface area contributed by atoms with Gasteiger partial charge in [-0.1, -0.05) is 0 Å². The van der Waals surface area contributed by atoms with E-state index in [4.69, 9.17) is 4.55 Å². The van der Waals surface area contributed by atoms with Gasteiger partial charge in [0.05, 0.1) is 0 Å². The molecule has 0 aliphatic rings. The summed E-state index contributed by atoms with van der Waals surface area (Å²) in [6.07, 6.45) is -5.18. The number of aromatic amines is 1. The number of nitrogens with zero attached hydrogens (tertiary/aromatic N) is 2. The molecule has 1 aromatic rings. The predicted molar refractivity (Wildman–Crippen MR) is 36.0 cm³/mol. The van der Waals surface area contributed by atoms with Crippen molar-refractivity contribution >= 4 is 11.1 Å². The molecule has 0 aliphatic carbocycles. The Morgan fingerprint density at radius 3 is 2.00 bits per heavy atom. The second-order valence-electron chi connectivity index (χ2n) is 2.28. The van der Waals surface area contributed by atoms with Gasteiger partial charge in [-0.15, -0.1) is 0 Å². The molecular formula is C4H2F5N3O2S. The van der Waals surface area contributed by atoms with E-state index in [2.05, 4.69) is 10.2 Å². The molecule has 5 nitrogen and oxygen atoms in total. The highest BCUT2D eigenvalue weighted by Gasteiger charge is 2.50. The first-order chi connectivity index (χ1) is 6.67. The summed E-state index contributed by atoms with van der Waals surface area (Å²) in [6.45, 7) is 0. The van der Waals surface area contributed by atoms with Crippen molar-refractivity contribution in [2.45, 2.75) is 11.4 Å². The quantitative estimate of drug-likeness (QED) is 0.609. The van der Waals surface area contributed by atoms with E-state index in [-0.39, 0.29) is 0 Å². The fourth-order valence-corrected chi connectivity index (χ4v) is 1.02. The Labute approximate surface area is 81.0 Å². The van der Waals surface area contributed by atoms with E-state index < -0.39 is 33.9 Å². The number of hydrogen-bond acceptors (Lipinski definition) is 3. The summed E-state index contributed by atoms with van der Waals surface area (Å²) >= 11 is -3.81. The number of aromatic nitrogens is 3. The molecule has 1 unspecified atom stereocenters. The van der Waals surface area contributed by atoms with E-state index in [9.17, 15) is 26.2 Å². The van der Waals surface area contributed by atoms with Gasteiger partial charge in [0, 0.05) is 0 Å². The number of H-pyrrole nitrogens is 1. The van der Waals surface area contributed by atoms with E-state index in [0.717, 1.165) is 0 Å². The maximum absolute atomic E-state index is 12.7. The van der Waals surface area contributed by atoms with E-state index in [1.807, 2.05) is 0 Å². The molecular weight excluding hydrogens is 249 g/mol. The van der Waals surface area contributed by atoms with Crippen LogP contribution in [0.4, 0.5) is 22.0 Å². The third-order valence-corrected chi connectivity index (χ3v) is 1.94. The van der Waals surface area contributed by atoms with Crippen molar-refractivity contribution < 1.29 is 30.7 Å². The molecule has 15 heavy (non-hydrogen) atoms. The van der Waals surface area contributed by atoms with Crippen LogP contribution >= 0.6 is 0 Å². The van der Waals surface area contributed by atoms with Crippen molar-refractivity contribution in [2.24, 2.45) is 0 Å². The molecule has 1 rings (SSSR count). The van der Waals surface area contributed by atoms with Crippen molar-refractivity contribution in [3.63, 3.8) is 0 Å². The molecule has 0 aromatic carbocycles. The van der Waals surface area contributed by atoms with E-state index >= 15 is 0 Å². The maximum atomic E-state index is 12.7. The highest BCUT2D eigenvalue weighted by Crippen LogP contribution is 2.37. The van der Waals surface area contributed by atoms with Crippen molar-refractivity contribution in [1.82, 2.24) is 15.4 Å². The Balaban J connectivity index is 3.28. The number of rotatable bonds is 2. The number of alkyl halides is 5. The Kier molecular flexibility index (Phi) is 2.78. The predicted octanol–water partition coefficient (Wildman–Crippen LogP) is 1.09. The molecule has 0 aliphatic heterocycles. The third kappa shape index (κ3) is 2.12. The molecule has 0 radical (unpaired) electrons. The van der Waals surface area contributed by atoms with Gasteiger partial charge in [-0.25, -0.2) is 4.21 Å². The molecule has 0 spiro atoms. The lowest BCUT2D eigenvalue weighted by atomic mass is 10.3. The molecule has 1 aromatic heterocycles. The van der Waals surface area contributed by atoms with Gasteiger partial charge < -0.3 is 4.55 Å². The van der Waals surface area contributed by atoms with Crippen LogP contribution in [-0.4, -0.2) is 24.2 Å². The van der Waals surface area contributed by atoms with Crippen molar-refractivity contribution in [2.75, 3.05) is 0 Å². The largest absolute Gasteiger partial charge is 0.437 e. The summed E-state index contributed by atoms with van der Waals surface area (Å²) in [6, 6.07) is 0. The lowest BCUT2D eigenvalue weighted by Gasteiger charge is -2.11. The molecule has 0 saturated carbocycles. The van der Waals surface area contributed by atoms with Gasteiger partial charge in [0.15, 0.2) is 11.4 Å². The van der Waals surface area contributed by atoms with Crippen LogP contribution in [0.15, 0.2) is 0 Å². The Morgan fingerprint density at radius 2 is 1.60 bits per heavy atom. The maximum Gasteiger partial charge on any atom is 0.437 e. The van der Waals surface area contributed by atoms with Crippen LogP contribution in [-0.2, 0) is 22.5 Å². The first kappa shape index (κ1) is 12.0. The lowest BCUT2D eigenvalue weighted by Crippen LogP contribution is -2.24. The summed E-state index contributed by atoms with van der Waals surface area (Å²) in [5, 5.41) is 1.66. The van der Waals surface area contributed by atoms with Gasteiger partial charge in [0.25, 0.3) is 0 Å². The van der Waals surface area contributed by atoms with Gasteiger partial charge in [-0.2, -0.15) is 37.4 Å². The molecule has 0 amide bonds. The summed E-state index contributed by atoms with van der Waals surface area (Å²) in [5.41, 5.74) is -3.93. The van der Waals surface area contributed by atoms with Gasteiger partial charge in [0.1, 0.15) is 0 Å². The van der Waals surface area contributed by atoms with Crippen LogP contribution in [0.5, 0.6) is 0 Å². The van der Waals surface area contributed by atoms with E-state index in [0.29, 0.717) is 0 Å². The fraction of sp³-hybridized carbons (Fsp3) is 0.500. The minimum absolute atomic E-state index is 1.32. The zero-order valence-electron chi connectivity index (χ0n) is 6.55. The second-order valence-corrected chi connectivity index (χ2v) is 3.30. The average molecular weight is 251 g/mol. The van der Waals surface area contributed by atoms with E-state index in [1.165, 1.54) is 5.21 Å². The standard InChI is InChI=1S/C4H2F5N3O2S/c5-3(6,7)1-2(11-12-10-1)4(8,9)15(13)14/h(H,13,14)(H,10,11,12). The summed E-state index contributed by atoms with van der Waals surface area (Å²) in [4.78, 5) is 0. The van der Waals surface area contributed by atoms with Crippen molar-refractivity contribution in [3.8, 4) is 0 Å². The SMILES string of the molecule is O=S(O)C(F)(F)c1n[nH]nc1C(F)(F)F. The molecule has 2 N–H and O–H groups in total. The monoisotopic (exact) mass is 251 g/mol. The van der Waals surface area contributed by atoms with Crippen molar-refractivity contribution in [3.05, 3.63) is 11.4 Å². The minimum atomic E-state index is -5.18. The zero-order valence-corrected chi connectivity index (χ0v) is 7.36. The molecule has 1 heterocycles. The zero-order chi connectivity index (χ0) is 11.9. The number of nitrogens with one attached hydrogen (secondary N) is 1. The minimum Gasteiger partial charge on any atom is -0.301 e. The molecule has 0 bridgehead atoms. The van der Waals surface area contributed by atoms with Crippen LogP contribution in [0.2, 0.25) is 0 Å². The highest BCUT2D eigenvalue weighted by atomic mass is 32.2. The third-order valence-electron chi connectivity index (χ3n) is 1.31. The Morgan fingerprint density at radius 1 is 1.13 bits per heavy atom. The molecule has 86 valence electrons.